The summed E-state index contributed by atoms with van der Waals surface area (Å²) in [6.07, 6.45) is 10.3. The molecule has 0 unspecified atom stereocenters. The van der Waals surface area contributed by atoms with Gasteiger partial charge in [0.2, 0.25) is 5.91 Å². The summed E-state index contributed by atoms with van der Waals surface area (Å²) in [5.41, 5.74) is 4.12. The van der Waals surface area contributed by atoms with Gasteiger partial charge in [0.25, 0.3) is 0 Å². The van der Waals surface area contributed by atoms with Crippen molar-refractivity contribution >= 4 is 17.2 Å². The Labute approximate surface area is 184 Å². The number of aromatic nitrogens is 1. The lowest BCUT2D eigenvalue weighted by Crippen LogP contribution is -2.37. The Balaban J connectivity index is 1.05. The van der Waals surface area contributed by atoms with Gasteiger partial charge in [-0.1, -0.05) is 24.3 Å². The summed E-state index contributed by atoms with van der Waals surface area (Å²) < 4.78 is 0. The number of benzene rings is 1. The van der Waals surface area contributed by atoms with Gasteiger partial charge in [-0.05, 0) is 81.5 Å². The van der Waals surface area contributed by atoms with Gasteiger partial charge in [0.1, 0.15) is 5.01 Å². The predicted molar refractivity (Wildman–Crippen MR) is 122 cm³/mol. The molecule has 5 heteroatoms. The van der Waals surface area contributed by atoms with E-state index in [0.717, 1.165) is 45.6 Å². The summed E-state index contributed by atoms with van der Waals surface area (Å²) in [6, 6.07) is 8.56. The number of fused-ring (bicyclic) bond motifs is 2. The average Bonchev–Trinajstić information content (AvgIpc) is 3.20. The van der Waals surface area contributed by atoms with E-state index in [1.807, 2.05) is 11.3 Å². The number of hydrogen-bond donors (Lipinski definition) is 0. The summed E-state index contributed by atoms with van der Waals surface area (Å²) in [6.45, 7) is 5.01. The number of thiazole rings is 1. The largest absolute Gasteiger partial charge is 0.338 e. The molecule has 1 amide bonds. The third kappa shape index (κ3) is 4.62. The minimum Gasteiger partial charge on any atom is -0.338 e. The van der Waals surface area contributed by atoms with Crippen LogP contribution in [0, 0.1) is 5.92 Å². The van der Waals surface area contributed by atoms with Crippen LogP contribution in [0.15, 0.2) is 24.3 Å². The predicted octanol–water partition coefficient (Wildman–Crippen LogP) is 4.60. The number of rotatable bonds is 5. The van der Waals surface area contributed by atoms with Gasteiger partial charge in [0, 0.05) is 24.4 Å². The first-order valence-electron chi connectivity index (χ1n) is 11.8. The van der Waals surface area contributed by atoms with Crippen LogP contribution in [0.25, 0.3) is 0 Å². The first kappa shape index (κ1) is 20.2. The van der Waals surface area contributed by atoms with Crippen molar-refractivity contribution in [1.82, 2.24) is 14.8 Å². The van der Waals surface area contributed by atoms with E-state index in [1.54, 1.807) is 4.88 Å². The quantitative estimate of drug-likeness (QED) is 0.705. The van der Waals surface area contributed by atoms with Crippen LogP contribution >= 0.6 is 11.3 Å². The van der Waals surface area contributed by atoms with E-state index >= 15 is 0 Å². The number of carbonyl (C=O) groups is 1. The van der Waals surface area contributed by atoms with E-state index < -0.39 is 0 Å². The van der Waals surface area contributed by atoms with Crippen LogP contribution in [0.3, 0.4) is 0 Å². The highest BCUT2D eigenvalue weighted by Gasteiger charge is 2.24. The van der Waals surface area contributed by atoms with Crippen molar-refractivity contribution in [3.63, 3.8) is 0 Å². The third-order valence-electron chi connectivity index (χ3n) is 7.21. The summed E-state index contributed by atoms with van der Waals surface area (Å²) in [4.78, 5) is 23.9. The van der Waals surface area contributed by atoms with Crippen LogP contribution in [0.5, 0.6) is 0 Å². The Bertz CT molecular complexity index is 861. The third-order valence-corrected chi connectivity index (χ3v) is 8.35. The van der Waals surface area contributed by atoms with E-state index in [2.05, 4.69) is 34.1 Å². The van der Waals surface area contributed by atoms with E-state index in [1.165, 1.54) is 60.4 Å². The number of piperidine rings is 1. The van der Waals surface area contributed by atoms with Gasteiger partial charge in [-0.15, -0.1) is 11.3 Å². The molecule has 0 saturated carbocycles. The number of likely N-dealkylation sites (tertiary alicyclic amines) is 1. The highest BCUT2D eigenvalue weighted by atomic mass is 32.1. The fraction of sp³-hybridized carbons (Fsp3) is 0.600. The molecule has 0 radical (unpaired) electrons. The average molecular weight is 424 g/mol. The molecule has 0 N–H and O–H groups in total. The van der Waals surface area contributed by atoms with Crippen LogP contribution in [-0.2, 0) is 37.1 Å². The smallest absolute Gasteiger partial charge is 0.222 e. The minimum absolute atomic E-state index is 0.347. The summed E-state index contributed by atoms with van der Waals surface area (Å²) in [5.74, 6) is 1.05. The molecule has 2 aliphatic heterocycles. The second kappa shape index (κ2) is 9.19. The Morgan fingerprint density at radius 2 is 1.83 bits per heavy atom. The van der Waals surface area contributed by atoms with Gasteiger partial charge in [-0.3, -0.25) is 9.69 Å². The maximum absolute atomic E-state index is 12.8. The second-order valence-corrected chi connectivity index (χ2v) is 10.4. The molecule has 0 atom stereocenters. The molecule has 1 saturated heterocycles. The molecule has 160 valence electrons. The molecule has 0 spiro atoms. The molecular weight excluding hydrogens is 390 g/mol. The van der Waals surface area contributed by atoms with Crippen LogP contribution < -0.4 is 0 Å². The fourth-order valence-corrected chi connectivity index (χ4v) is 6.49. The highest BCUT2D eigenvalue weighted by Crippen LogP contribution is 2.29. The van der Waals surface area contributed by atoms with Gasteiger partial charge >= 0.3 is 0 Å². The number of carbonyl (C=O) groups excluding carboxylic acids is 1. The van der Waals surface area contributed by atoms with Crippen LogP contribution in [-0.4, -0.2) is 40.3 Å². The molecule has 1 fully saturated rings. The van der Waals surface area contributed by atoms with Crippen molar-refractivity contribution < 1.29 is 4.79 Å². The normalized spacial score (nSPS) is 20.1. The van der Waals surface area contributed by atoms with E-state index in [0.29, 0.717) is 18.2 Å². The topological polar surface area (TPSA) is 36.4 Å². The van der Waals surface area contributed by atoms with Gasteiger partial charge in [-0.25, -0.2) is 4.98 Å². The summed E-state index contributed by atoms with van der Waals surface area (Å²) in [7, 11) is 0. The maximum atomic E-state index is 12.8. The Morgan fingerprint density at radius 1 is 1.03 bits per heavy atom. The van der Waals surface area contributed by atoms with Crippen LogP contribution in [0.1, 0.15) is 65.2 Å². The first-order valence-corrected chi connectivity index (χ1v) is 12.6. The van der Waals surface area contributed by atoms with Crippen molar-refractivity contribution in [2.45, 2.75) is 70.9 Å². The van der Waals surface area contributed by atoms with Crippen molar-refractivity contribution in [3.05, 3.63) is 51.0 Å². The molecule has 1 aliphatic carbocycles. The molecule has 1 aromatic carbocycles. The zero-order valence-electron chi connectivity index (χ0n) is 17.9. The van der Waals surface area contributed by atoms with E-state index in [4.69, 9.17) is 4.98 Å². The lowest BCUT2D eigenvalue weighted by Gasteiger charge is -2.32. The van der Waals surface area contributed by atoms with Crippen molar-refractivity contribution in [3.8, 4) is 0 Å². The molecule has 2 aromatic rings. The number of hydrogen-bond acceptors (Lipinski definition) is 4. The first-order chi connectivity index (χ1) is 14.7. The van der Waals surface area contributed by atoms with Crippen LogP contribution in [0.4, 0.5) is 0 Å². The standard InChI is InChI=1S/C25H33N3OS/c29-25(28-16-13-20-5-1-2-6-21(20)17-28)10-9-19-11-14-27(15-12-19)18-24-26-22-7-3-4-8-23(22)30-24/h1-2,5-6,19H,3-4,7-18H2. The molecule has 0 bridgehead atoms. The van der Waals surface area contributed by atoms with Crippen molar-refractivity contribution in [2.24, 2.45) is 5.92 Å². The molecule has 3 aliphatic rings. The molecule has 30 heavy (non-hydrogen) atoms. The Morgan fingerprint density at radius 3 is 2.67 bits per heavy atom. The maximum Gasteiger partial charge on any atom is 0.222 e. The lowest BCUT2D eigenvalue weighted by molar-refractivity contribution is -0.132. The molecule has 4 nitrogen and oxygen atoms in total. The van der Waals surface area contributed by atoms with Crippen LogP contribution in [0.2, 0.25) is 0 Å². The number of aryl methyl sites for hydroxylation is 2. The van der Waals surface area contributed by atoms with Gasteiger partial charge in [0.15, 0.2) is 0 Å². The van der Waals surface area contributed by atoms with Crippen molar-refractivity contribution in [2.75, 3.05) is 19.6 Å². The SMILES string of the molecule is O=C(CCC1CCN(Cc2nc3c(s2)CCCC3)CC1)N1CCc2ccccc2C1. The van der Waals surface area contributed by atoms with Gasteiger partial charge in [-0.2, -0.15) is 0 Å². The van der Waals surface area contributed by atoms with Crippen molar-refractivity contribution in [1.29, 1.82) is 0 Å². The number of nitrogens with zero attached hydrogens (tertiary/aromatic N) is 3. The van der Waals surface area contributed by atoms with E-state index in [9.17, 15) is 4.79 Å². The Hall–Kier alpha value is -1.72. The highest BCUT2D eigenvalue weighted by molar-refractivity contribution is 7.11. The molecule has 5 rings (SSSR count). The Kier molecular flexibility index (Phi) is 6.19. The summed E-state index contributed by atoms with van der Waals surface area (Å²) in [5, 5.41) is 1.32. The monoisotopic (exact) mass is 423 g/mol. The van der Waals surface area contributed by atoms with Gasteiger partial charge in [0.05, 0.1) is 12.2 Å². The zero-order valence-corrected chi connectivity index (χ0v) is 18.8. The number of amides is 1. The van der Waals surface area contributed by atoms with E-state index in [-0.39, 0.29) is 0 Å². The molecular formula is C25H33N3OS. The lowest BCUT2D eigenvalue weighted by atomic mass is 9.91. The fourth-order valence-electron chi connectivity index (χ4n) is 5.29. The summed E-state index contributed by atoms with van der Waals surface area (Å²) >= 11 is 1.95. The second-order valence-electron chi connectivity index (χ2n) is 9.28. The molecule has 3 heterocycles. The molecule has 1 aromatic heterocycles. The zero-order chi connectivity index (χ0) is 20.3. The van der Waals surface area contributed by atoms with Gasteiger partial charge < -0.3 is 4.90 Å². The minimum atomic E-state index is 0.347.